The normalized spacial score (nSPS) is 16.4. The zero-order valence-electron chi connectivity index (χ0n) is 10.6. The van der Waals surface area contributed by atoms with E-state index in [1.165, 1.54) is 6.07 Å². The summed E-state index contributed by atoms with van der Waals surface area (Å²) in [5, 5.41) is 10.2. The molecule has 0 aliphatic rings. The van der Waals surface area contributed by atoms with Gasteiger partial charge in [0.05, 0.1) is 15.6 Å². The van der Waals surface area contributed by atoms with Crippen LogP contribution in [0.15, 0.2) is 16.6 Å². The maximum absolute atomic E-state index is 13.9. The van der Waals surface area contributed by atoms with Gasteiger partial charge in [0.2, 0.25) is 0 Å². The number of halogens is 3. The molecule has 5 heteroatoms. The Hall–Kier alpha value is -0.520. The molecule has 1 aromatic carbocycles. The number of rotatable bonds is 5. The van der Waals surface area contributed by atoms with E-state index in [0.29, 0.717) is 13.0 Å². The standard InChI is InChI=1S/C13H17BrF2O2/c1-4-13(3,18-5-2)12(17)10-9(15)7-6-8(14)11(10)16/h6-7,12,17H,4-5H2,1-3H3. The molecular weight excluding hydrogens is 306 g/mol. The lowest BCUT2D eigenvalue weighted by Crippen LogP contribution is -2.36. The van der Waals surface area contributed by atoms with Crippen molar-refractivity contribution in [3.63, 3.8) is 0 Å². The molecule has 0 aliphatic heterocycles. The molecule has 0 aliphatic carbocycles. The Morgan fingerprint density at radius 2 is 2.00 bits per heavy atom. The first kappa shape index (κ1) is 15.5. The van der Waals surface area contributed by atoms with E-state index in [2.05, 4.69) is 15.9 Å². The second kappa shape index (κ2) is 6.08. The number of hydrogen-bond donors (Lipinski definition) is 1. The molecule has 1 N–H and O–H groups in total. The number of benzene rings is 1. The van der Waals surface area contributed by atoms with Crippen LogP contribution in [0.1, 0.15) is 38.9 Å². The van der Waals surface area contributed by atoms with Gasteiger partial charge in [-0.25, -0.2) is 8.78 Å². The van der Waals surface area contributed by atoms with Gasteiger partial charge in [-0.05, 0) is 48.3 Å². The van der Waals surface area contributed by atoms with Crippen molar-refractivity contribution in [3.8, 4) is 0 Å². The van der Waals surface area contributed by atoms with Gasteiger partial charge in [-0.1, -0.05) is 6.92 Å². The molecule has 2 nitrogen and oxygen atoms in total. The average molecular weight is 323 g/mol. The minimum Gasteiger partial charge on any atom is -0.385 e. The maximum Gasteiger partial charge on any atom is 0.146 e. The quantitative estimate of drug-likeness (QED) is 0.831. The Morgan fingerprint density at radius 1 is 1.39 bits per heavy atom. The van der Waals surface area contributed by atoms with E-state index in [1.54, 1.807) is 20.8 Å². The predicted molar refractivity (Wildman–Crippen MR) is 69.3 cm³/mol. The van der Waals surface area contributed by atoms with Crippen molar-refractivity contribution in [2.45, 2.75) is 38.9 Å². The van der Waals surface area contributed by atoms with Crippen molar-refractivity contribution in [2.24, 2.45) is 0 Å². The summed E-state index contributed by atoms with van der Waals surface area (Å²) >= 11 is 2.98. The molecule has 0 fully saturated rings. The van der Waals surface area contributed by atoms with Crippen LogP contribution in [0.5, 0.6) is 0 Å². The third-order valence-corrected chi connectivity index (χ3v) is 3.72. The summed E-state index contributed by atoms with van der Waals surface area (Å²) in [5.41, 5.74) is -1.38. The van der Waals surface area contributed by atoms with E-state index >= 15 is 0 Å². The molecule has 0 heterocycles. The lowest BCUT2D eigenvalue weighted by Gasteiger charge is -2.34. The first-order chi connectivity index (χ1) is 8.37. The molecule has 0 amide bonds. The molecule has 0 saturated heterocycles. The van der Waals surface area contributed by atoms with Gasteiger partial charge in [-0.2, -0.15) is 0 Å². The Balaban J connectivity index is 3.25. The Bertz CT molecular complexity index is 426. The molecule has 2 unspecified atom stereocenters. The zero-order valence-corrected chi connectivity index (χ0v) is 12.2. The predicted octanol–water partition coefficient (Wildman–Crippen LogP) is 3.97. The van der Waals surface area contributed by atoms with Crippen molar-refractivity contribution in [1.82, 2.24) is 0 Å². The largest absolute Gasteiger partial charge is 0.385 e. The number of aliphatic hydroxyl groups excluding tert-OH is 1. The number of hydrogen-bond acceptors (Lipinski definition) is 2. The van der Waals surface area contributed by atoms with Crippen molar-refractivity contribution in [1.29, 1.82) is 0 Å². The monoisotopic (exact) mass is 322 g/mol. The first-order valence-electron chi connectivity index (χ1n) is 5.82. The smallest absolute Gasteiger partial charge is 0.146 e. The summed E-state index contributed by atoms with van der Waals surface area (Å²) in [6.45, 7) is 5.57. The molecule has 1 rings (SSSR count). The summed E-state index contributed by atoms with van der Waals surface area (Å²) in [4.78, 5) is 0. The summed E-state index contributed by atoms with van der Waals surface area (Å²) in [5.74, 6) is -1.57. The third-order valence-electron chi connectivity index (χ3n) is 3.11. The summed E-state index contributed by atoms with van der Waals surface area (Å²) in [7, 11) is 0. The van der Waals surface area contributed by atoms with Gasteiger partial charge in [0.1, 0.15) is 17.7 Å². The Labute approximate surface area is 114 Å². The molecule has 18 heavy (non-hydrogen) atoms. The minimum atomic E-state index is -1.36. The van der Waals surface area contributed by atoms with E-state index in [9.17, 15) is 13.9 Å². The van der Waals surface area contributed by atoms with Gasteiger partial charge >= 0.3 is 0 Å². The van der Waals surface area contributed by atoms with E-state index in [1.807, 2.05) is 0 Å². The highest BCUT2D eigenvalue weighted by atomic mass is 79.9. The zero-order chi connectivity index (χ0) is 13.9. The number of aliphatic hydroxyl groups is 1. The van der Waals surface area contributed by atoms with Crippen LogP contribution < -0.4 is 0 Å². The van der Waals surface area contributed by atoms with Crippen LogP contribution in [0.3, 0.4) is 0 Å². The highest BCUT2D eigenvalue weighted by Crippen LogP contribution is 2.36. The van der Waals surface area contributed by atoms with Crippen molar-refractivity contribution in [3.05, 3.63) is 33.8 Å². The third kappa shape index (κ3) is 2.90. The Morgan fingerprint density at radius 3 is 2.50 bits per heavy atom. The van der Waals surface area contributed by atoms with Crippen molar-refractivity contribution >= 4 is 15.9 Å². The van der Waals surface area contributed by atoms with Crippen LogP contribution in [0.4, 0.5) is 8.78 Å². The average Bonchev–Trinajstić information content (AvgIpc) is 2.34. The molecule has 0 aromatic heterocycles. The van der Waals surface area contributed by atoms with Crippen LogP contribution in [-0.4, -0.2) is 17.3 Å². The van der Waals surface area contributed by atoms with Gasteiger partial charge in [-0.3, -0.25) is 0 Å². The molecule has 0 saturated carbocycles. The minimum absolute atomic E-state index is 0.118. The van der Waals surface area contributed by atoms with Crippen LogP contribution in [0.2, 0.25) is 0 Å². The van der Waals surface area contributed by atoms with Gasteiger partial charge in [0, 0.05) is 6.61 Å². The summed E-state index contributed by atoms with van der Waals surface area (Å²) < 4.78 is 33.2. The molecule has 102 valence electrons. The first-order valence-corrected chi connectivity index (χ1v) is 6.62. The molecule has 1 aromatic rings. The van der Waals surface area contributed by atoms with Gasteiger partial charge in [-0.15, -0.1) is 0 Å². The fourth-order valence-corrected chi connectivity index (χ4v) is 2.15. The molecule has 2 atom stereocenters. The fourth-order valence-electron chi connectivity index (χ4n) is 1.80. The van der Waals surface area contributed by atoms with Gasteiger partial charge < -0.3 is 9.84 Å². The van der Waals surface area contributed by atoms with Crippen LogP contribution in [0, 0.1) is 11.6 Å². The van der Waals surface area contributed by atoms with Crippen molar-refractivity contribution in [2.75, 3.05) is 6.61 Å². The second-order valence-electron chi connectivity index (χ2n) is 4.26. The molecule has 0 bridgehead atoms. The molecule has 0 spiro atoms. The summed E-state index contributed by atoms with van der Waals surface area (Å²) in [6.07, 6.45) is -0.923. The Kier molecular flexibility index (Phi) is 5.25. The van der Waals surface area contributed by atoms with E-state index in [0.717, 1.165) is 6.07 Å². The summed E-state index contributed by atoms with van der Waals surface area (Å²) in [6, 6.07) is 2.39. The lowest BCUT2D eigenvalue weighted by atomic mass is 9.89. The number of ether oxygens (including phenoxy) is 1. The molecule has 0 radical (unpaired) electrons. The van der Waals surface area contributed by atoms with E-state index in [4.69, 9.17) is 4.74 Å². The highest BCUT2D eigenvalue weighted by Gasteiger charge is 2.37. The fraction of sp³-hybridized carbons (Fsp3) is 0.538. The van der Waals surface area contributed by atoms with Crippen LogP contribution in [-0.2, 0) is 4.74 Å². The maximum atomic E-state index is 13.9. The van der Waals surface area contributed by atoms with E-state index in [-0.39, 0.29) is 10.0 Å². The van der Waals surface area contributed by atoms with E-state index < -0.39 is 23.3 Å². The lowest BCUT2D eigenvalue weighted by molar-refractivity contribution is -0.115. The van der Waals surface area contributed by atoms with Crippen LogP contribution in [0.25, 0.3) is 0 Å². The SMILES string of the molecule is CCOC(C)(CC)C(O)c1c(F)ccc(Br)c1F. The van der Waals surface area contributed by atoms with Gasteiger partial charge in [0.25, 0.3) is 0 Å². The second-order valence-corrected chi connectivity index (χ2v) is 5.11. The highest BCUT2D eigenvalue weighted by molar-refractivity contribution is 9.10. The van der Waals surface area contributed by atoms with Crippen LogP contribution >= 0.6 is 15.9 Å². The molecular formula is C13H17BrF2O2. The van der Waals surface area contributed by atoms with Gasteiger partial charge in [0.15, 0.2) is 0 Å². The topological polar surface area (TPSA) is 29.5 Å². The van der Waals surface area contributed by atoms with Crippen molar-refractivity contribution < 1.29 is 18.6 Å².